The van der Waals surface area contributed by atoms with Gasteiger partial charge in [0.25, 0.3) is 11.8 Å². The quantitative estimate of drug-likeness (QED) is 0.668. The number of benzene rings is 2. The number of ether oxygens (including phenoxy) is 2. The number of nitrogens with one attached hydrogen (secondary N) is 2. The number of hydrogen-bond donors (Lipinski definition) is 2. The van der Waals surface area contributed by atoms with E-state index in [0.29, 0.717) is 30.3 Å². The van der Waals surface area contributed by atoms with Gasteiger partial charge >= 0.3 is 0 Å². The molecule has 1 aliphatic heterocycles. The highest BCUT2D eigenvalue weighted by molar-refractivity contribution is 5.98. The molecule has 0 atom stereocenters. The van der Waals surface area contributed by atoms with Crippen molar-refractivity contribution in [2.45, 2.75) is 0 Å². The van der Waals surface area contributed by atoms with Crippen molar-refractivity contribution in [1.29, 1.82) is 0 Å². The van der Waals surface area contributed by atoms with Crippen LogP contribution in [0.3, 0.4) is 0 Å². The van der Waals surface area contributed by atoms with Crippen LogP contribution in [0.15, 0.2) is 54.6 Å². The average Bonchev–Trinajstić information content (AvgIpc) is 2.65. The van der Waals surface area contributed by atoms with E-state index in [1.54, 1.807) is 24.3 Å². The van der Waals surface area contributed by atoms with E-state index >= 15 is 0 Å². The van der Waals surface area contributed by atoms with Crippen molar-refractivity contribution in [3.63, 3.8) is 0 Å². The standard InChI is InChI=1S/C18H16N2O4/c21-17(9-6-13-4-2-1-3-5-13)19-20-18(22)14-7-8-15-16(12-14)24-11-10-23-15/h1-9,12H,10-11H2,(H,19,21)(H,20,22)/b9-6+. The first-order chi connectivity index (χ1) is 11.7. The number of amides is 2. The molecular formula is C18H16N2O4. The van der Waals surface area contributed by atoms with Gasteiger partial charge in [-0.05, 0) is 29.8 Å². The predicted octanol–water partition coefficient (Wildman–Crippen LogP) is 1.93. The van der Waals surface area contributed by atoms with Crippen LogP contribution < -0.4 is 20.3 Å². The van der Waals surface area contributed by atoms with Crippen LogP contribution >= 0.6 is 0 Å². The summed E-state index contributed by atoms with van der Waals surface area (Å²) in [6, 6.07) is 14.2. The van der Waals surface area contributed by atoms with Crippen molar-refractivity contribution in [1.82, 2.24) is 10.9 Å². The summed E-state index contributed by atoms with van der Waals surface area (Å²) in [5, 5.41) is 0. The summed E-state index contributed by atoms with van der Waals surface area (Å²) in [7, 11) is 0. The van der Waals surface area contributed by atoms with Gasteiger partial charge in [0.05, 0.1) is 0 Å². The molecule has 0 bridgehead atoms. The Labute approximate surface area is 139 Å². The van der Waals surface area contributed by atoms with Crippen molar-refractivity contribution in [3.05, 3.63) is 65.7 Å². The van der Waals surface area contributed by atoms with Crippen LogP contribution in [-0.4, -0.2) is 25.0 Å². The third-order valence-electron chi connectivity index (χ3n) is 3.33. The molecular weight excluding hydrogens is 308 g/mol. The molecule has 1 heterocycles. The normalized spacial score (nSPS) is 12.7. The van der Waals surface area contributed by atoms with E-state index in [4.69, 9.17) is 9.47 Å². The monoisotopic (exact) mass is 324 g/mol. The Balaban J connectivity index is 1.55. The van der Waals surface area contributed by atoms with E-state index in [1.165, 1.54) is 6.08 Å². The van der Waals surface area contributed by atoms with Crippen LogP contribution in [0.25, 0.3) is 6.08 Å². The molecule has 122 valence electrons. The summed E-state index contributed by atoms with van der Waals surface area (Å²) in [6.07, 6.45) is 3.00. The van der Waals surface area contributed by atoms with Gasteiger partial charge in [0, 0.05) is 11.6 Å². The molecule has 6 heteroatoms. The summed E-state index contributed by atoms with van der Waals surface area (Å²) in [4.78, 5) is 23.8. The second-order valence-electron chi connectivity index (χ2n) is 5.05. The van der Waals surface area contributed by atoms with Gasteiger partial charge in [0.2, 0.25) is 0 Å². The van der Waals surface area contributed by atoms with E-state index in [1.807, 2.05) is 30.3 Å². The molecule has 0 radical (unpaired) electrons. The van der Waals surface area contributed by atoms with Gasteiger partial charge in [-0.3, -0.25) is 20.4 Å². The van der Waals surface area contributed by atoms with Crippen molar-refractivity contribution in [2.75, 3.05) is 13.2 Å². The lowest BCUT2D eigenvalue weighted by molar-refractivity contribution is -0.117. The Morgan fingerprint density at radius 2 is 1.67 bits per heavy atom. The summed E-state index contributed by atoms with van der Waals surface area (Å²) in [5.41, 5.74) is 5.95. The van der Waals surface area contributed by atoms with Crippen LogP contribution in [0.2, 0.25) is 0 Å². The Morgan fingerprint density at radius 3 is 2.46 bits per heavy atom. The molecule has 0 saturated carbocycles. The van der Waals surface area contributed by atoms with Crippen LogP contribution in [0.5, 0.6) is 11.5 Å². The zero-order valence-electron chi connectivity index (χ0n) is 12.8. The molecule has 0 unspecified atom stereocenters. The first kappa shape index (κ1) is 15.6. The molecule has 2 amide bonds. The molecule has 0 saturated heterocycles. The third kappa shape index (κ3) is 3.92. The maximum absolute atomic E-state index is 12.1. The van der Waals surface area contributed by atoms with Crippen LogP contribution in [0.4, 0.5) is 0 Å². The zero-order valence-corrected chi connectivity index (χ0v) is 12.8. The lowest BCUT2D eigenvalue weighted by Gasteiger charge is -2.18. The zero-order chi connectivity index (χ0) is 16.8. The predicted molar refractivity (Wildman–Crippen MR) is 88.5 cm³/mol. The number of hydrogen-bond acceptors (Lipinski definition) is 4. The lowest BCUT2D eigenvalue weighted by Crippen LogP contribution is -2.40. The van der Waals surface area contributed by atoms with Crippen molar-refractivity contribution in [2.24, 2.45) is 0 Å². The second kappa shape index (κ2) is 7.32. The Bertz CT molecular complexity index is 772. The topological polar surface area (TPSA) is 76.7 Å². The van der Waals surface area contributed by atoms with Crippen molar-refractivity contribution >= 4 is 17.9 Å². The summed E-state index contributed by atoms with van der Waals surface area (Å²) in [5.74, 6) is 0.259. The number of rotatable bonds is 3. The van der Waals surface area contributed by atoms with Crippen LogP contribution in [0.1, 0.15) is 15.9 Å². The highest BCUT2D eigenvalue weighted by atomic mass is 16.6. The van der Waals surface area contributed by atoms with Crippen molar-refractivity contribution in [3.8, 4) is 11.5 Å². The average molecular weight is 324 g/mol. The molecule has 0 aromatic heterocycles. The lowest BCUT2D eigenvalue weighted by atomic mass is 10.2. The highest BCUT2D eigenvalue weighted by Gasteiger charge is 2.15. The minimum Gasteiger partial charge on any atom is -0.486 e. The Hall–Kier alpha value is -3.28. The molecule has 6 nitrogen and oxygen atoms in total. The van der Waals surface area contributed by atoms with Crippen molar-refractivity contribution < 1.29 is 19.1 Å². The molecule has 1 aliphatic rings. The minimum absolute atomic E-state index is 0.367. The van der Waals surface area contributed by atoms with Gasteiger partial charge < -0.3 is 9.47 Å². The molecule has 2 aromatic rings. The third-order valence-corrected chi connectivity index (χ3v) is 3.33. The Kier molecular flexibility index (Phi) is 4.76. The van der Waals surface area contributed by atoms with E-state index in [9.17, 15) is 9.59 Å². The summed E-state index contributed by atoms with van der Waals surface area (Å²) in [6.45, 7) is 0.932. The molecule has 0 spiro atoms. The molecule has 24 heavy (non-hydrogen) atoms. The van der Waals surface area contributed by atoms with Crippen LogP contribution in [-0.2, 0) is 4.79 Å². The van der Waals surface area contributed by atoms with Crippen LogP contribution in [0, 0.1) is 0 Å². The Morgan fingerprint density at radius 1 is 0.917 bits per heavy atom. The number of carbonyl (C=O) groups excluding carboxylic acids is 2. The number of hydrazine groups is 1. The molecule has 3 rings (SSSR count). The van der Waals surface area contributed by atoms with E-state index in [2.05, 4.69) is 10.9 Å². The summed E-state index contributed by atoms with van der Waals surface area (Å²) < 4.78 is 10.8. The first-order valence-electron chi connectivity index (χ1n) is 7.45. The fourth-order valence-corrected chi connectivity index (χ4v) is 2.15. The molecule has 2 N–H and O–H groups in total. The molecule has 0 aliphatic carbocycles. The first-order valence-corrected chi connectivity index (χ1v) is 7.45. The van der Waals surface area contributed by atoms with Gasteiger partial charge in [-0.25, -0.2) is 0 Å². The van der Waals surface area contributed by atoms with E-state index in [-0.39, 0.29) is 0 Å². The number of carbonyl (C=O) groups is 2. The maximum Gasteiger partial charge on any atom is 0.269 e. The molecule has 0 fully saturated rings. The fraction of sp³-hybridized carbons (Fsp3) is 0.111. The van der Waals surface area contributed by atoms with Gasteiger partial charge in [0.15, 0.2) is 11.5 Å². The van der Waals surface area contributed by atoms with E-state index < -0.39 is 11.8 Å². The second-order valence-corrected chi connectivity index (χ2v) is 5.05. The minimum atomic E-state index is -0.437. The fourth-order valence-electron chi connectivity index (χ4n) is 2.15. The van der Waals surface area contributed by atoms with Gasteiger partial charge in [-0.15, -0.1) is 0 Å². The maximum atomic E-state index is 12.1. The van der Waals surface area contributed by atoms with Gasteiger partial charge in [-0.2, -0.15) is 0 Å². The molecule has 2 aromatic carbocycles. The number of fused-ring (bicyclic) bond motifs is 1. The summed E-state index contributed by atoms with van der Waals surface area (Å²) >= 11 is 0. The van der Waals surface area contributed by atoms with E-state index in [0.717, 1.165) is 5.56 Å². The highest BCUT2D eigenvalue weighted by Crippen LogP contribution is 2.30. The SMILES string of the molecule is O=C(/C=C/c1ccccc1)NNC(=O)c1ccc2c(c1)OCCO2. The largest absolute Gasteiger partial charge is 0.486 e. The van der Waals surface area contributed by atoms with Gasteiger partial charge in [-0.1, -0.05) is 30.3 Å². The smallest absolute Gasteiger partial charge is 0.269 e. The van der Waals surface area contributed by atoms with Gasteiger partial charge in [0.1, 0.15) is 13.2 Å².